The van der Waals surface area contributed by atoms with E-state index in [1.165, 1.54) is 10.9 Å². The van der Waals surface area contributed by atoms with Crippen molar-refractivity contribution in [2.45, 2.75) is 25.9 Å². The van der Waals surface area contributed by atoms with E-state index in [2.05, 4.69) is 49.9 Å². The molecule has 0 aliphatic carbocycles. The van der Waals surface area contributed by atoms with Gasteiger partial charge in [-0.2, -0.15) is 0 Å². The molecular weight excluding hydrogens is 262 g/mol. The Balaban J connectivity index is 2.32. The zero-order chi connectivity index (χ0) is 15.4. The van der Waals surface area contributed by atoms with Gasteiger partial charge in [0.05, 0.1) is 12.3 Å². The number of furan rings is 1. The van der Waals surface area contributed by atoms with E-state index in [0.29, 0.717) is 12.6 Å². The van der Waals surface area contributed by atoms with Gasteiger partial charge in [-0.15, -0.1) is 0 Å². The lowest BCUT2D eigenvalue weighted by atomic mass is 10.0. The maximum atomic E-state index is 6.10. The summed E-state index contributed by atoms with van der Waals surface area (Å²) in [5.74, 6) is 0. The smallest absolute Gasteiger partial charge is 0.134 e. The van der Waals surface area contributed by atoms with Crippen LogP contribution in [0.2, 0.25) is 0 Å². The molecule has 0 aliphatic rings. The average Bonchev–Trinajstić information content (AvgIpc) is 2.87. The molecule has 116 valence electrons. The molecule has 0 bridgehead atoms. The predicted molar refractivity (Wildman–Crippen MR) is 88.4 cm³/mol. The van der Waals surface area contributed by atoms with E-state index in [1.54, 1.807) is 0 Å². The minimum atomic E-state index is 0.189. The van der Waals surface area contributed by atoms with Crippen molar-refractivity contribution in [2.24, 2.45) is 5.73 Å². The third kappa shape index (κ3) is 3.46. The molecule has 4 heteroatoms. The van der Waals surface area contributed by atoms with Gasteiger partial charge in [-0.1, -0.05) is 25.1 Å². The van der Waals surface area contributed by atoms with Crippen molar-refractivity contribution >= 4 is 11.0 Å². The monoisotopic (exact) mass is 289 g/mol. The number of hydrogen-bond donors (Lipinski definition) is 1. The molecule has 0 saturated heterocycles. The van der Waals surface area contributed by atoms with E-state index in [1.807, 2.05) is 18.4 Å². The first-order chi connectivity index (χ1) is 10.1. The number of para-hydroxylation sites is 1. The molecule has 21 heavy (non-hydrogen) atoms. The molecule has 2 N–H and O–H groups in total. The predicted octanol–water partition coefficient (Wildman–Crippen LogP) is 2.70. The summed E-state index contributed by atoms with van der Waals surface area (Å²) in [6.45, 7) is 7.02. The number of rotatable bonds is 7. The Labute approximate surface area is 127 Å². The summed E-state index contributed by atoms with van der Waals surface area (Å²) in [4.78, 5) is 4.67. The summed E-state index contributed by atoms with van der Waals surface area (Å²) in [5.41, 5.74) is 8.23. The highest BCUT2D eigenvalue weighted by molar-refractivity contribution is 5.81. The Hall–Kier alpha value is -1.36. The largest absolute Gasteiger partial charge is 0.464 e. The van der Waals surface area contributed by atoms with E-state index in [-0.39, 0.29) is 6.04 Å². The molecule has 4 nitrogen and oxygen atoms in total. The van der Waals surface area contributed by atoms with Crippen molar-refractivity contribution < 1.29 is 4.42 Å². The van der Waals surface area contributed by atoms with Crippen molar-refractivity contribution in [3.05, 3.63) is 36.1 Å². The lowest BCUT2D eigenvalue weighted by molar-refractivity contribution is 0.131. The normalized spacial score (nSPS) is 15.0. The molecule has 0 amide bonds. The van der Waals surface area contributed by atoms with E-state index >= 15 is 0 Å². The van der Waals surface area contributed by atoms with Crippen molar-refractivity contribution in [3.8, 4) is 0 Å². The zero-order valence-corrected chi connectivity index (χ0v) is 13.5. The molecule has 1 aromatic heterocycles. The van der Waals surface area contributed by atoms with Gasteiger partial charge in [-0.25, -0.2) is 0 Å². The van der Waals surface area contributed by atoms with E-state index in [9.17, 15) is 0 Å². The molecule has 0 fully saturated rings. The Morgan fingerprint density at radius 2 is 1.95 bits per heavy atom. The summed E-state index contributed by atoms with van der Waals surface area (Å²) >= 11 is 0. The SMILES string of the molecule is CCN(C(C)CN(C)C)C(CN)c1coc2ccccc12. The number of benzene rings is 1. The second-order valence-corrected chi connectivity index (χ2v) is 5.88. The van der Waals surface area contributed by atoms with Gasteiger partial charge in [0.2, 0.25) is 0 Å². The van der Waals surface area contributed by atoms with Gasteiger partial charge in [0.1, 0.15) is 5.58 Å². The molecular formula is C17H27N3O. The molecule has 0 aliphatic heterocycles. The van der Waals surface area contributed by atoms with Gasteiger partial charge < -0.3 is 15.1 Å². The molecule has 1 aromatic carbocycles. The van der Waals surface area contributed by atoms with Crippen LogP contribution in [0.5, 0.6) is 0 Å². The van der Waals surface area contributed by atoms with Crippen molar-refractivity contribution in [1.29, 1.82) is 0 Å². The summed E-state index contributed by atoms with van der Waals surface area (Å²) < 4.78 is 5.69. The fourth-order valence-corrected chi connectivity index (χ4v) is 3.17. The Morgan fingerprint density at radius 1 is 1.24 bits per heavy atom. The minimum Gasteiger partial charge on any atom is -0.464 e. The average molecular weight is 289 g/mol. The molecule has 2 atom stereocenters. The zero-order valence-electron chi connectivity index (χ0n) is 13.5. The highest BCUT2D eigenvalue weighted by Gasteiger charge is 2.25. The number of fused-ring (bicyclic) bond motifs is 1. The van der Waals surface area contributed by atoms with Crippen LogP contribution in [-0.4, -0.2) is 49.6 Å². The highest BCUT2D eigenvalue weighted by Crippen LogP contribution is 2.30. The molecule has 1 heterocycles. The third-order valence-electron chi connectivity index (χ3n) is 4.05. The third-order valence-corrected chi connectivity index (χ3v) is 4.05. The minimum absolute atomic E-state index is 0.189. The van der Waals surface area contributed by atoms with Crippen LogP contribution in [0, 0.1) is 0 Å². The van der Waals surface area contributed by atoms with Crippen LogP contribution in [0.3, 0.4) is 0 Å². The highest BCUT2D eigenvalue weighted by atomic mass is 16.3. The maximum absolute atomic E-state index is 6.10. The Morgan fingerprint density at radius 3 is 2.57 bits per heavy atom. The van der Waals surface area contributed by atoms with E-state index in [0.717, 1.165) is 18.7 Å². The second-order valence-electron chi connectivity index (χ2n) is 5.88. The number of nitrogens with two attached hydrogens (primary N) is 1. The fourth-order valence-electron chi connectivity index (χ4n) is 3.17. The number of likely N-dealkylation sites (N-methyl/N-ethyl adjacent to an activating group) is 2. The Bertz CT molecular complexity index is 564. The topological polar surface area (TPSA) is 45.6 Å². The van der Waals surface area contributed by atoms with Gasteiger partial charge >= 0.3 is 0 Å². The molecule has 2 unspecified atom stereocenters. The summed E-state index contributed by atoms with van der Waals surface area (Å²) in [6.07, 6.45) is 1.87. The lowest BCUT2D eigenvalue weighted by Gasteiger charge is -2.36. The standard InChI is InChI=1S/C17H27N3O/c1-5-20(13(2)11-19(3)4)16(10-18)15-12-21-17-9-7-6-8-14(15)17/h6-9,12-13,16H,5,10-11,18H2,1-4H3. The van der Waals surface area contributed by atoms with Crippen LogP contribution in [0.4, 0.5) is 0 Å². The molecule has 0 spiro atoms. The van der Waals surface area contributed by atoms with Crippen LogP contribution in [0.15, 0.2) is 34.9 Å². The van der Waals surface area contributed by atoms with Crippen molar-refractivity contribution in [1.82, 2.24) is 9.80 Å². The molecule has 0 radical (unpaired) electrons. The maximum Gasteiger partial charge on any atom is 0.134 e. The van der Waals surface area contributed by atoms with Crippen LogP contribution in [0.25, 0.3) is 11.0 Å². The second kappa shape index (κ2) is 7.07. The summed E-state index contributed by atoms with van der Waals surface area (Å²) in [5, 5.41) is 1.17. The van der Waals surface area contributed by atoms with E-state index in [4.69, 9.17) is 10.2 Å². The van der Waals surface area contributed by atoms with Gasteiger partial charge in [-0.05, 0) is 33.6 Å². The number of hydrogen-bond acceptors (Lipinski definition) is 4. The van der Waals surface area contributed by atoms with Crippen LogP contribution in [-0.2, 0) is 0 Å². The summed E-state index contributed by atoms with van der Waals surface area (Å²) in [7, 11) is 4.21. The molecule has 0 saturated carbocycles. The first-order valence-corrected chi connectivity index (χ1v) is 7.65. The van der Waals surface area contributed by atoms with Crippen molar-refractivity contribution in [3.63, 3.8) is 0 Å². The quantitative estimate of drug-likeness (QED) is 0.851. The number of nitrogens with zero attached hydrogens (tertiary/aromatic N) is 2. The molecule has 2 aromatic rings. The fraction of sp³-hybridized carbons (Fsp3) is 0.529. The first kappa shape index (κ1) is 16.0. The molecule has 2 rings (SSSR count). The van der Waals surface area contributed by atoms with Crippen molar-refractivity contribution in [2.75, 3.05) is 33.7 Å². The van der Waals surface area contributed by atoms with Gasteiger partial charge in [-0.3, -0.25) is 4.90 Å². The van der Waals surface area contributed by atoms with E-state index < -0.39 is 0 Å². The van der Waals surface area contributed by atoms with Gasteiger partial charge in [0.15, 0.2) is 0 Å². The van der Waals surface area contributed by atoms with Crippen LogP contribution >= 0.6 is 0 Å². The van der Waals surface area contributed by atoms with Crippen LogP contribution in [0.1, 0.15) is 25.5 Å². The van der Waals surface area contributed by atoms with Crippen LogP contribution < -0.4 is 5.73 Å². The van der Waals surface area contributed by atoms with Gasteiger partial charge in [0, 0.05) is 30.1 Å². The van der Waals surface area contributed by atoms with Gasteiger partial charge in [0.25, 0.3) is 0 Å². The summed E-state index contributed by atoms with van der Waals surface area (Å²) in [6, 6.07) is 8.79. The first-order valence-electron chi connectivity index (χ1n) is 7.65. The Kier molecular flexibility index (Phi) is 5.39. The lowest BCUT2D eigenvalue weighted by Crippen LogP contribution is -2.44.